The normalized spacial score (nSPS) is 9.86. The number of aromatic nitrogens is 2. The summed E-state index contributed by atoms with van der Waals surface area (Å²) in [6.07, 6.45) is 0.542. The van der Waals surface area contributed by atoms with Crippen LogP contribution in [-0.4, -0.2) is 15.7 Å². The lowest BCUT2D eigenvalue weighted by Gasteiger charge is -2.05. The molecule has 4 heteroatoms. The molecule has 1 rings (SSSR count). The van der Waals surface area contributed by atoms with Crippen molar-refractivity contribution < 1.29 is 0 Å². The van der Waals surface area contributed by atoms with Crippen LogP contribution in [0.15, 0.2) is 5.16 Å². The molecular formula is C10H13N3S. The molecule has 0 fully saturated rings. The molecule has 14 heavy (non-hydrogen) atoms. The third-order valence-electron chi connectivity index (χ3n) is 2.06. The molecule has 0 radical (unpaired) electrons. The number of hydrogen-bond donors (Lipinski definition) is 0. The Kier molecular flexibility index (Phi) is 3.90. The summed E-state index contributed by atoms with van der Waals surface area (Å²) in [6.45, 7) is 5.99. The molecule has 1 aromatic rings. The van der Waals surface area contributed by atoms with Gasteiger partial charge in [0.25, 0.3) is 0 Å². The zero-order valence-corrected chi connectivity index (χ0v) is 9.48. The van der Waals surface area contributed by atoms with Crippen molar-refractivity contribution in [1.29, 1.82) is 5.26 Å². The van der Waals surface area contributed by atoms with Gasteiger partial charge in [-0.2, -0.15) is 5.26 Å². The van der Waals surface area contributed by atoms with Gasteiger partial charge in [0, 0.05) is 23.6 Å². The average molecular weight is 207 g/mol. The average Bonchev–Trinajstić information content (AvgIpc) is 2.14. The van der Waals surface area contributed by atoms with Gasteiger partial charge in [-0.15, -0.1) is 0 Å². The van der Waals surface area contributed by atoms with E-state index in [1.165, 1.54) is 11.8 Å². The van der Waals surface area contributed by atoms with Crippen molar-refractivity contribution in [2.75, 3.05) is 5.75 Å². The number of thioether (sulfide) groups is 1. The Balaban J connectivity index is 2.75. The maximum Gasteiger partial charge on any atom is 0.188 e. The van der Waals surface area contributed by atoms with Gasteiger partial charge in [0.1, 0.15) is 0 Å². The van der Waals surface area contributed by atoms with Crippen molar-refractivity contribution in [1.82, 2.24) is 9.97 Å². The maximum atomic E-state index is 8.39. The molecule has 74 valence electrons. The van der Waals surface area contributed by atoms with Gasteiger partial charge in [0.05, 0.1) is 6.07 Å². The second kappa shape index (κ2) is 4.97. The minimum atomic E-state index is 0.542. The molecule has 0 spiro atoms. The Morgan fingerprint density at radius 2 is 1.79 bits per heavy atom. The van der Waals surface area contributed by atoms with Gasteiger partial charge in [-0.3, -0.25) is 0 Å². The van der Waals surface area contributed by atoms with E-state index in [4.69, 9.17) is 5.26 Å². The molecule has 1 aromatic heterocycles. The zero-order valence-electron chi connectivity index (χ0n) is 8.66. The number of nitriles is 1. The van der Waals surface area contributed by atoms with Gasteiger partial charge < -0.3 is 0 Å². The molecule has 0 N–H and O–H groups in total. The highest BCUT2D eigenvalue weighted by Crippen LogP contribution is 2.17. The summed E-state index contributed by atoms with van der Waals surface area (Å²) in [5.74, 6) is 0.762. The fourth-order valence-electron chi connectivity index (χ4n) is 0.994. The molecule has 0 aliphatic carbocycles. The topological polar surface area (TPSA) is 49.6 Å². The third kappa shape index (κ3) is 2.71. The van der Waals surface area contributed by atoms with Gasteiger partial charge >= 0.3 is 0 Å². The van der Waals surface area contributed by atoms with Crippen LogP contribution in [0.5, 0.6) is 0 Å². The van der Waals surface area contributed by atoms with Crippen LogP contribution >= 0.6 is 11.8 Å². The summed E-state index contributed by atoms with van der Waals surface area (Å²) in [7, 11) is 0. The highest BCUT2D eigenvalue weighted by Gasteiger charge is 2.04. The SMILES string of the molecule is Cc1nc(SCCC#N)nc(C)c1C. The predicted molar refractivity (Wildman–Crippen MR) is 57.2 cm³/mol. The summed E-state index contributed by atoms with van der Waals surface area (Å²) >= 11 is 1.54. The Morgan fingerprint density at radius 3 is 2.29 bits per heavy atom. The Hall–Kier alpha value is -1.08. The fourth-order valence-corrected chi connectivity index (χ4v) is 1.77. The Morgan fingerprint density at radius 1 is 1.21 bits per heavy atom. The summed E-state index contributed by atoms with van der Waals surface area (Å²) in [6, 6.07) is 2.10. The first-order chi connectivity index (χ1) is 6.65. The quantitative estimate of drug-likeness (QED) is 0.434. The first-order valence-electron chi connectivity index (χ1n) is 4.46. The maximum absolute atomic E-state index is 8.39. The third-order valence-corrected chi connectivity index (χ3v) is 2.91. The molecule has 0 bridgehead atoms. The summed E-state index contributed by atoms with van der Waals surface area (Å²) in [5, 5.41) is 9.17. The molecule has 0 saturated carbocycles. The van der Waals surface area contributed by atoms with Crippen molar-refractivity contribution in [2.24, 2.45) is 0 Å². The summed E-state index contributed by atoms with van der Waals surface area (Å²) in [5.41, 5.74) is 3.20. The van der Waals surface area contributed by atoms with E-state index in [0.29, 0.717) is 6.42 Å². The lowest BCUT2D eigenvalue weighted by Crippen LogP contribution is -1.98. The molecular weight excluding hydrogens is 194 g/mol. The molecule has 0 unspecified atom stereocenters. The first kappa shape index (κ1) is 11.0. The molecule has 0 atom stereocenters. The number of rotatable bonds is 3. The van der Waals surface area contributed by atoms with Crippen LogP contribution in [0, 0.1) is 32.1 Å². The van der Waals surface area contributed by atoms with Gasteiger partial charge in [0.15, 0.2) is 5.16 Å². The van der Waals surface area contributed by atoms with Gasteiger partial charge in [-0.05, 0) is 26.3 Å². The summed E-state index contributed by atoms with van der Waals surface area (Å²) < 4.78 is 0. The van der Waals surface area contributed by atoms with E-state index in [0.717, 1.165) is 27.9 Å². The minimum Gasteiger partial charge on any atom is -0.228 e. The Bertz CT molecular complexity index is 345. The van der Waals surface area contributed by atoms with E-state index in [9.17, 15) is 0 Å². The number of aryl methyl sites for hydroxylation is 2. The van der Waals surface area contributed by atoms with E-state index < -0.39 is 0 Å². The largest absolute Gasteiger partial charge is 0.228 e. The van der Waals surface area contributed by atoms with Crippen molar-refractivity contribution in [3.8, 4) is 6.07 Å². The minimum absolute atomic E-state index is 0.542. The second-order valence-electron chi connectivity index (χ2n) is 3.06. The highest BCUT2D eigenvalue weighted by atomic mass is 32.2. The van der Waals surface area contributed by atoms with Crippen molar-refractivity contribution >= 4 is 11.8 Å². The van der Waals surface area contributed by atoms with E-state index in [1.54, 1.807) is 0 Å². The van der Waals surface area contributed by atoms with E-state index in [1.807, 2.05) is 20.8 Å². The number of nitrogens with zero attached hydrogens (tertiary/aromatic N) is 3. The van der Waals surface area contributed by atoms with Crippen LogP contribution in [0.2, 0.25) is 0 Å². The lowest BCUT2D eigenvalue weighted by atomic mass is 10.2. The van der Waals surface area contributed by atoms with Crippen molar-refractivity contribution in [2.45, 2.75) is 32.3 Å². The fraction of sp³-hybridized carbons (Fsp3) is 0.500. The van der Waals surface area contributed by atoms with Gasteiger partial charge in [-0.25, -0.2) is 9.97 Å². The second-order valence-corrected chi connectivity index (χ2v) is 4.12. The summed E-state index contributed by atoms with van der Waals surface area (Å²) in [4.78, 5) is 8.70. The van der Waals surface area contributed by atoms with Crippen LogP contribution in [0.1, 0.15) is 23.4 Å². The van der Waals surface area contributed by atoms with E-state index in [2.05, 4.69) is 16.0 Å². The zero-order chi connectivity index (χ0) is 10.6. The van der Waals surface area contributed by atoms with Crippen molar-refractivity contribution in [3.05, 3.63) is 17.0 Å². The Labute approximate surface area is 88.6 Å². The predicted octanol–water partition coefficient (Wildman–Crippen LogP) is 2.41. The monoisotopic (exact) mass is 207 g/mol. The standard InChI is InChI=1S/C10H13N3S/c1-7-8(2)12-10(13-9(7)3)14-6-4-5-11/h4,6H2,1-3H3. The van der Waals surface area contributed by atoms with Gasteiger partial charge in [0.2, 0.25) is 0 Å². The molecule has 1 heterocycles. The molecule has 0 aliphatic rings. The van der Waals surface area contributed by atoms with Crippen LogP contribution in [0.25, 0.3) is 0 Å². The highest BCUT2D eigenvalue weighted by molar-refractivity contribution is 7.99. The van der Waals surface area contributed by atoms with E-state index in [-0.39, 0.29) is 0 Å². The van der Waals surface area contributed by atoms with Crippen molar-refractivity contribution in [3.63, 3.8) is 0 Å². The molecule has 0 saturated heterocycles. The van der Waals surface area contributed by atoms with Crippen LogP contribution in [-0.2, 0) is 0 Å². The molecule has 3 nitrogen and oxygen atoms in total. The first-order valence-corrected chi connectivity index (χ1v) is 5.45. The lowest BCUT2D eigenvalue weighted by molar-refractivity contribution is 0.880. The van der Waals surface area contributed by atoms with Crippen LogP contribution < -0.4 is 0 Å². The van der Waals surface area contributed by atoms with E-state index >= 15 is 0 Å². The molecule has 0 amide bonds. The molecule has 0 aromatic carbocycles. The van der Waals surface area contributed by atoms with Gasteiger partial charge in [-0.1, -0.05) is 11.8 Å². The van der Waals surface area contributed by atoms with Crippen LogP contribution in [0.4, 0.5) is 0 Å². The molecule has 0 aliphatic heterocycles. The van der Waals surface area contributed by atoms with Crippen LogP contribution in [0.3, 0.4) is 0 Å². The number of hydrogen-bond acceptors (Lipinski definition) is 4. The smallest absolute Gasteiger partial charge is 0.188 e.